The number of ketones is 1. The zero-order chi connectivity index (χ0) is 10.6. The van der Waals surface area contributed by atoms with E-state index in [4.69, 9.17) is 5.11 Å². The molecule has 0 radical (unpaired) electrons. The van der Waals surface area contributed by atoms with Gasteiger partial charge in [0.1, 0.15) is 0 Å². The van der Waals surface area contributed by atoms with Crippen molar-refractivity contribution in [3.8, 4) is 0 Å². The molecule has 0 atom stereocenters. The Morgan fingerprint density at radius 3 is 2.21 bits per heavy atom. The van der Waals surface area contributed by atoms with Gasteiger partial charge in [-0.1, -0.05) is 25.3 Å². The Morgan fingerprint density at radius 2 is 1.79 bits per heavy atom. The monoisotopic (exact) mass is 196 g/mol. The highest BCUT2D eigenvalue weighted by Crippen LogP contribution is 2.25. The summed E-state index contributed by atoms with van der Waals surface area (Å²) in [6.07, 6.45) is 7.20. The molecular formula is C11H16O3. The van der Waals surface area contributed by atoms with E-state index in [0.717, 1.165) is 25.7 Å². The largest absolute Gasteiger partial charge is 0.478 e. The molecule has 14 heavy (non-hydrogen) atoms. The lowest BCUT2D eigenvalue weighted by atomic mass is 9.87. The molecule has 1 saturated carbocycles. The molecule has 3 nitrogen and oxygen atoms in total. The Hall–Kier alpha value is -1.12. The molecule has 0 spiro atoms. The number of carboxylic acid groups (broad SMARTS) is 1. The van der Waals surface area contributed by atoms with E-state index in [0.29, 0.717) is 5.92 Å². The Balaban J connectivity index is 2.70. The van der Waals surface area contributed by atoms with Gasteiger partial charge in [-0.25, -0.2) is 4.79 Å². The third-order valence-corrected chi connectivity index (χ3v) is 2.66. The Kier molecular flexibility index (Phi) is 3.86. The van der Waals surface area contributed by atoms with Crippen LogP contribution >= 0.6 is 0 Å². The summed E-state index contributed by atoms with van der Waals surface area (Å²) in [7, 11) is 0. The highest BCUT2D eigenvalue weighted by atomic mass is 16.4. The van der Waals surface area contributed by atoms with Crippen molar-refractivity contribution in [1.82, 2.24) is 0 Å². The van der Waals surface area contributed by atoms with Crippen LogP contribution in [0.4, 0.5) is 0 Å². The maximum Gasteiger partial charge on any atom is 0.338 e. The SMILES string of the molecule is CC(=O)/C(=C\C1CCCCC1)C(=O)O. The molecule has 0 amide bonds. The number of allylic oxidation sites excluding steroid dienone is 1. The van der Waals surface area contributed by atoms with Gasteiger partial charge in [0.2, 0.25) is 0 Å². The van der Waals surface area contributed by atoms with Crippen LogP contribution in [0.2, 0.25) is 0 Å². The molecule has 1 fully saturated rings. The summed E-state index contributed by atoms with van der Waals surface area (Å²) in [4.78, 5) is 21.7. The van der Waals surface area contributed by atoms with Gasteiger partial charge in [-0.3, -0.25) is 4.79 Å². The zero-order valence-corrected chi connectivity index (χ0v) is 8.45. The second-order valence-electron chi connectivity index (χ2n) is 3.84. The number of aliphatic carboxylic acids is 1. The second-order valence-corrected chi connectivity index (χ2v) is 3.84. The first kappa shape index (κ1) is 11.0. The minimum atomic E-state index is -1.09. The Bertz CT molecular complexity index is 244. The summed E-state index contributed by atoms with van der Waals surface area (Å²) in [6.45, 7) is 1.31. The van der Waals surface area contributed by atoms with Crippen molar-refractivity contribution in [2.75, 3.05) is 0 Å². The molecule has 0 saturated heterocycles. The van der Waals surface area contributed by atoms with Crippen molar-refractivity contribution in [3.63, 3.8) is 0 Å². The number of carbonyl (C=O) groups excluding carboxylic acids is 1. The first-order chi connectivity index (χ1) is 6.61. The Labute approximate surface area is 83.8 Å². The number of hydrogen-bond donors (Lipinski definition) is 1. The molecule has 0 aromatic carbocycles. The van der Waals surface area contributed by atoms with Crippen molar-refractivity contribution in [1.29, 1.82) is 0 Å². The average Bonchev–Trinajstić information content (AvgIpc) is 2.15. The summed E-state index contributed by atoms with van der Waals surface area (Å²) in [6, 6.07) is 0. The number of carboxylic acids is 1. The van der Waals surface area contributed by atoms with E-state index in [1.165, 1.54) is 13.3 Å². The average molecular weight is 196 g/mol. The van der Waals surface area contributed by atoms with E-state index in [2.05, 4.69) is 0 Å². The molecule has 3 heteroatoms. The lowest BCUT2D eigenvalue weighted by Crippen LogP contribution is -2.12. The van der Waals surface area contributed by atoms with Crippen LogP contribution in [0.1, 0.15) is 39.0 Å². The first-order valence-corrected chi connectivity index (χ1v) is 5.07. The van der Waals surface area contributed by atoms with E-state index in [1.54, 1.807) is 6.08 Å². The molecule has 1 aliphatic carbocycles. The minimum Gasteiger partial charge on any atom is -0.478 e. The van der Waals surface area contributed by atoms with Crippen LogP contribution in [0.5, 0.6) is 0 Å². The standard InChI is InChI=1S/C11H16O3/c1-8(12)10(11(13)14)7-9-5-3-2-4-6-9/h7,9H,2-6H2,1H3,(H,13,14)/b10-7+. The summed E-state index contributed by atoms with van der Waals surface area (Å²) < 4.78 is 0. The summed E-state index contributed by atoms with van der Waals surface area (Å²) in [5.41, 5.74) is -0.0445. The quantitative estimate of drug-likeness (QED) is 0.427. The summed E-state index contributed by atoms with van der Waals surface area (Å²) in [5.74, 6) is -1.15. The van der Waals surface area contributed by atoms with Gasteiger partial charge in [0.15, 0.2) is 5.78 Å². The molecule has 0 aromatic heterocycles. The molecule has 0 bridgehead atoms. The van der Waals surface area contributed by atoms with Crippen LogP contribution in [-0.2, 0) is 9.59 Å². The van der Waals surface area contributed by atoms with Crippen molar-refractivity contribution >= 4 is 11.8 Å². The van der Waals surface area contributed by atoms with E-state index < -0.39 is 5.97 Å². The van der Waals surface area contributed by atoms with Crippen LogP contribution in [0.15, 0.2) is 11.6 Å². The predicted molar refractivity (Wildman–Crippen MR) is 53.0 cm³/mol. The third-order valence-electron chi connectivity index (χ3n) is 2.66. The topological polar surface area (TPSA) is 54.4 Å². The maximum atomic E-state index is 11.0. The van der Waals surface area contributed by atoms with Crippen LogP contribution in [-0.4, -0.2) is 16.9 Å². The van der Waals surface area contributed by atoms with Gasteiger partial charge in [-0.2, -0.15) is 0 Å². The lowest BCUT2D eigenvalue weighted by Gasteiger charge is -2.18. The van der Waals surface area contributed by atoms with Gasteiger partial charge >= 0.3 is 5.97 Å². The second kappa shape index (κ2) is 4.94. The fraction of sp³-hybridized carbons (Fsp3) is 0.636. The van der Waals surface area contributed by atoms with Crippen molar-refractivity contribution < 1.29 is 14.7 Å². The lowest BCUT2D eigenvalue weighted by molar-refractivity contribution is -0.134. The molecule has 1 aliphatic rings. The van der Waals surface area contributed by atoms with Gasteiger partial charge in [-0.15, -0.1) is 0 Å². The number of hydrogen-bond acceptors (Lipinski definition) is 2. The minimum absolute atomic E-state index is 0.0445. The van der Waals surface area contributed by atoms with Gasteiger partial charge < -0.3 is 5.11 Å². The van der Waals surface area contributed by atoms with E-state index in [9.17, 15) is 9.59 Å². The van der Waals surface area contributed by atoms with Crippen LogP contribution < -0.4 is 0 Å². The number of carbonyl (C=O) groups is 2. The van der Waals surface area contributed by atoms with Gasteiger partial charge in [0.25, 0.3) is 0 Å². The fourth-order valence-electron chi connectivity index (χ4n) is 1.88. The molecule has 1 N–H and O–H groups in total. The van der Waals surface area contributed by atoms with E-state index >= 15 is 0 Å². The molecule has 78 valence electrons. The third kappa shape index (κ3) is 2.98. The molecule has 0 aliphatic heterocycles. The summed E-state index contributed by atoms with van der Waals surface area (Å²) >= 11 is 0. The highest BCUT2D eigenvalue weighted by molar-refractivity contribution is 6.15. The van der Waals surface area contributed by atoms with Gasteiger partial charge in [0, 0.05) is 0 Å². The van der Waals surface area contributed by atoms with Gasteiger partial charge in [0.05, 0.1) is 5.57 Å². The van der Waals surface area contributed by atoms with Gasteiger partial charge in [-0.05, 0) is 25.7 Å². The molecular weight excluding hydrogens is 180 g/mol. The van der Waals surface area contributed by atoms with E-state index in [1.807, 2.05) is 0 Å². The smallest absolute Gasteiger partial charge is 0.338 e. The number of Topliss-reactive ketones (excluding diaryl/α,β-unsaturated/α-hetero) is 1. The van der Waals surface area contributed by atoms with E-state index in [-0.39, 0.29) is 11.4 Å². The number of rotatable bonds is 3. The maximum absolute atomic E-state index is 11.0. The van der Waals surface area contributed by atoms with Crippen molar-refractivity contribution in [2.45, 2.75) is 39.0 Å². The van der Waals surface area contributed by atoms with Crippen LogP contribution in [0, 0.1) is 5.92 Å². The van der Waals surface area contributed by atoms with Crippen LogP contribution in [0.25, 0.3) is 0 Å². The molecule has 0 heterocycles. The van der Waals surface area contributed by atoms with Crippen LogP contribution in [0.3, 0.4) is 0 Å². The van der Waals surface area contributed by atoms with Crippen molar-refractivity contribution in [2.24, 2.45) is 5.92 Å². The summed E-state index contributed by atoms with van der Waals surface area (Å²) in [5, 5.41) is 8.79. The predicted octanol–water partition coefficient (Wildman–Crippen LogP) is 2.17. The molecule has 1 rings (SSSR count). The highest BCUT2D eigenvalue weighted by Gasteiger charge is 2.17. The zero-order valence-electron chi connectivity index (χ0n) is 8.45. The fourth-order valence-corrected chi connectivity index (χ4v) is 1.88. The van der Waals surface area contributed by atoms with Crippen molar-refractivity contribution in [3.05, 3.63) is 11.6 Å². The normalized spacial score (nSPS) is 19.4. The molecule has 0 unspecified atom stereocenters. The Morgan fingerprint density at radius 1 is 1.21 bits per heavy atom. The first-order valence-electron chi connectivity index (χ1n) is 5.07. The molecule has 0 aromatic rings.